The normalized spacial score (nSPS) is 15.0. The number of amides is 4. The maximum Gasteiger partial charge on any atom is 0.338 e. The van der Waals surface area contributed by atoms with Crippen molar-refractivity contribution in [1.29, 1.82) is 0 Å². The molecule has 8 nitrogen and oxygen atoms in total. The molecule has 0 spiro atoms. The minimum absolute atomic E-state index is 0.0807. The summed E-state index contributed by atoms with van der Waals surface area (Å²) < 4.78 is 5.09. The SMILES string of the molecule is CC(=O)Nc1cccc(C(=O)OC(C)C(=O)NC(=O)NC2CCCC2)c1. The fourth-order valence-electron chi connectivity index (χ4n) is 2.71. The van der Waals surface area contributed by atoms with Crippen LogP contribution in [-0.4, -0.2) is 36.0 Å². The molecule has 0 aromatic heterocycles. The van der Waals surface area contributed by atoms with E-state index >= 15 is 0 Å². The highest BCUT2D eigenvalue weighted by atomic mass is 16.5. The molecule has 1 unspecified atom stereocenters. The second-order valence-corrected chi connectivity index (χ2v) is 6.25. The van der Waals surface area contributed by atoms with Gasteiger partial charge in [-0.15, -0.1) is 0 Å². The standard InChI is InChI=1S/C18H23N3O5/c1-11(16(23)21-18(25)20-14-7-3-4-8-14)26-17(24)13-6-5-9-15(10-13)19-12(2)22/h5-6,9-11,14H,3-4,7-8H2,1-2H3,(H,19,22)(H2,20,21,23,25). The molecule has 0 radical (unpaired) electrons. The first-order valence-corrected chi connectivity index (χ1v) is 8.55. The Balaban J connectivity index is 1.86. The summed E-state index contributed by atoms with van der Waals surface area (Å²) in [5.74, 6) is -1.69. The van der Waals surface area contributed by atoms with Crippen LogP contribution < -0.4 is 16.0 Å². The van der Waals surface area contributed by atoms with E-state index in [0.29, 0.717) is 5.69 Å². The van der Waals surface area contributed by atoms with Gasteiger partial charge in [0.1, 0.15) is 0 Å². The lowest BCUT2D eigenvalue weighted by Crippen LogP contribution is -2.47. The number of nitrogens with one attached hydrogen (secondary N) is 3. The van der Waals surface area contributed by atoms with Crippen LogP contribution in [0.2, 0.25) is 0 Å². The Kier molecular flexibility index (Phi) is 6.71. The molecule has 2 rings (SSSR count). The van der Waals surface area contributed by atoms with Gasteiger partial charge in [0, 0.05) is 18.7 Å². The molecule has 1 aromatic rings. The Labute approximate surface area is 151 Å². The second kappa shape index (κ2) is 8.98. The molecule has 1 saturated carbocycles. The Hall–Kier alpha value is -2.90. The molecule has 0 heterocycles. The Bertz CT molecular complexity index is 698. The van der Waals surface area contributed by atoms with Gasteiger partial charge in [-0.25, -0.2) is 9.59 Å². The van der Waals surface area contributed by atoms with Crippen molar-refractivity contribution in [3.05, 3.63) is 29.8 Å². The van der Waals surface area contributed by atoms with Crippen molar-refractivity contribution in [2.75, 3.05) is 5.32 Å². The first kappa shape index (κ1) is 19.4. The molecule has 26 heavy (non-hydrogen) atoms. The lowest BCUT2D eigenvalue weighted by Gasteiger charge is -2.15. The number of urea groups is 1. The number of benzene rings is 1. The van der Waals surface area contributed by atoms with Crippen LogP contribution in [0.4, 0.5) is 10.5 Å². The zero-order valence-corrected chi connectivity index (χ0v) is 14.8. The lowest BCUT2D eigenvalue weighted by molar-refractivity contribution is -0.127. The van der Waals surface area contributed by atoms with Gasteiger partial charge in [-0.3, -0.25) is 14.9 Å². The summed E-state index contributed by atoms with van der Waals surface area (Å²) in [6.07, 6.45) is 2.78. The van der Waals surface area contributed by atoms with Crippen molar-refractivity contribution in [3.63, 3.8) is 0 Å². The van der Waals surface area contributed by atoms with E-state index in [1.54, 1.807) is 12.1 Å². The summed E-state index contributed by atoms with van der Waals surface area (Å²) in [5.41, 5.74) is 0.631. The van der Waals surface area contributed by atoms with Crippen LogP contribution in [0, 0.1) is 0 Å². The average Bonchev–Trinajstić information content (AvgIpc) is 3.07. The third kappa shape index (κ3) is 5.87. The van der Waals surface area contributed by atoms with E-state index in [4.69, 9.17) is 4.74 Å². The van der Waals surface area contributed by atoms with Crippen LogP contribution in [0.15, 0.2) is 24.3 Å². The molecule has 4 amide bonds. The van der Waals surface area contributed by atoms with E-state index in [1.165, 1.54) is 26.0 Å². The molecule has 0 bridgehead atoms. The Morgan fingerprint density at radius 3 is 2.50 bits per heavy atom. The lowest BCUT2D eigenvalue weighted by atomic mass is 10.2. The summed E-state index contributed by atoms with van der Waals surface area (Å²) in [4.78, 5) is 47.0. The number of esters is 1. The molecule has 1 aliphatic rings. The highest BCUT2D eigenvalue weighted by Crippen LogP contribution is 2.17. The van der Waals surface area contributed by atoms with E-state index in [1.807, 2.05) is 0 Å². The molecule has 8 heteroatoms. The zero-order chi connectivity index (χ0) is 19.1. The zero-order valence-electron chi connectivity index (χ0n) is 14.8. The van der Waals surface area contributed by atoms with Gasteiger partial charge >= 0.3 is 12.0 Å². The van der Waals surface area contributed by atoms with Gasteiger partial charge < -0.3 is 15.4 Å². The third-order valence-corrected chi connectivity index (χ3v) is 4.00. The van der Waals surface area contributed by atoms with Gasteiger partial charge in [-0.2, -0.15) is 0 Å². The highest BCUT2D eigenvalue weighted by Gasteiger charge is 2.23. The summed E-state index contributed by atoms with van der Waals surface area (Å²) in [7, 11) is 0. The maximum atomic E-state index is 12.1. The first-order chi connectivity index (χ1) is 12.3. The molecule has 1 atom stereocenters. The topological polar surface area (TPSA) is 114 Å². The van der Waals surface area contributed by atoms with Gasteiger partial charge in [0.15, 0.2) is 6.10 Å². The van der Waals surface area contributed by atoms with E-state index in [2.05, 4.69) is 16.0 Å². The summed E-state index contributed by atoms with van der Waals surface area (Å²) >= 11 is 0. The first-order valence-electron chi connectivity index (χ1n) is 8.55. The summed E-state index contributed by atoms with van der Waals surface area (Å²) in [6.45, 7) is 2.74. The molecule has 1 aromatic carbocycles. The third-order valence-electron chi connectivity index (χ3n) is 4.00. The van der Waals surface area contributed by atoms with Crippen LogP contribution >= 0.6 is 0 Å². The van der Waals surface area contributed by atoms with Crippen molar-refractivity contribution < 1.29 is 23.9 Å². The molecule has 3 N–H and O–H groups in total. The van der Waals surface area contributed by atoms with Crippen LogP contribution in [-0.2, 0) is 14.3 Å². The molecule has 0 aliphatic heterocycles. The molecule has 0 saturated heterocycles. The van der Waals surface area contributed by atoms with Crippen molar-refractivity contribution >= 4 is 29.5 Å². The number of rotatable bonds is 5. The van der Waals surface area contributed by atoms with Crippen LogP contribution in [0.3, 0.4) is 0 Å². The minimum Gasteiger partial charge on any atom is -0.449 e. The Morgan fingerprint density at radius 1 is 1.15 bits per heavy atom. The van der Waals surface area contributed by atoms with Crippen molar-refractivity contribution in [1.82, 2.24) is 10.6 Å². The fourth-order valence-corrected chi connectivity index (χ4v) is 2.71. The number of hydrogen-bond donors (Lipinski definition) is 3. The van der Waals surface area contributed by atoms with Crippen molar-refractivity contribution in [3.8, 4) is 0 Å². The number of carbonyl (C=O) groups is 4. The van der Waals surface area contributed by atoms with Gasteiger partial charge in [0.25, 0.3) is 5.91 Å². The van der Waals surface area contributed by atoms with E-state index in [0.717, 1.165) is 25.7 Å². The fraction of sp³-hybridized carbons (Fsp3) is 0.444. The van der Waals surface area contributed by atoms with Crippen molar-refractivity contribution in [2.24, 2.45) is 0 Å². The Morgan fingerprint density at radius 2 is 1.85 bits per heavy atom. The van der Waals surface area contributed by atoms with Gasteiger partial charge in [0.2, 0.25) is 5.91 Å². The molecular weight excluding hydrogens is 338 g/mol. The predicted octanol–water partition coefficient (Wildman–Crippen LogP) is 1.96. The number of carbonyl (C=O) groups excluding carboxylic acids is 4. The highest BCUT2D eigenvalue weighted by molar-refractivity contribution is 5.99. The number of hydrogen-bond acceptors (Lipinski definition) is 5. The maximum absolute atomic E-state index is 12.1. The van der Waals surface area contributed by atoms with Crippen LogP contribution in [0.25, 0.3) is 0 Å². The van der Waals surface area contributed by atoms with Gasteiger partial charge in [0.05, 0.1) is 5.56 Å². The van der Waals surface area contributed by atoms with Gasteiger partial charge in [-0.05, 0) is 38.0 Å². The smallest absolute Gasteiger partial charge is 0.338 e. The van der Waals surface area contributed by atoms with Crippen LogP contribution in [0.5, 0.6) is 0 Å². The monoisotopic (exact) mass is 361 g/mol. The predicted molar refractivity (Wildman–Crippen MR) is 94.6 cm³/mol. The van der Waals surface area contributed by atoms with Crippen molar-refractivity contribution in [2.45, 2.75) is 51.7 Å². The molecule has 1 aliphatic carbocycles. The van der Waals surface area contributed by atoms with Gasteiger partial charge in [-0.1, -0.05) is 18.9 Å². The summed E-state index contributed by atoms with van der Waals surface area (Å²) in [5, 5.41) is 7.46. The quantitative estimate of drug-likeness (QED) is 0.694. The minimum atomic E-state index is -1.14. The molecule has 140 valence electrons. The number of anilines is 1. The van der Waals surface area contributed by atoms with Crippen LogP contribution in [0.1, 0.15) is 49.9 Å². The molecular formula is C18H23N3O5. The van der Waals surface area contributed by atoms with E-state index in [9.17, 15) is 19.2 Å². The van der Waals surface area contributed by atoms with E-state index < -0.39 is 24.0 Å². The number of imide groups is 1. The second-order valence-electron chi connectivity index (χ2n) is 6.25. The molecule has 1 fully saturated rings. The summed E-state index contributed by atoms with van der Waals surface area (Å²) in [6, 6.07) is 5.66. The van der Waals surface area contributed by atoms with E-state index in [-0.39, 0.29) is 17.5 Å². The number of ether oxygens (including phenoxy) is 1. The largest absolute Gasteiger partial charge is 0.449 e. The average molecular weight is 361 g/mol.